The van der Waals surface area contributed by atoms with Crippen LogP contribution in [-0.4, -0.2) is 19.7 Å². The van der Waals surface area contributed by atoms with Crippen LogP contribution in [0, 0.1) is 0 Å². The van der Waals surface area contributed by atoms with Crippen LogP contribution in [0.3, 0.4) is 0 Å². The van der Waals surface area contributed by atoms with Gasteiger partial charge in [0.2, 0.25) is 0 Å². The zero-order valence-corrected chi connectivity index (χ0v) is 10.7. The third-order valence-corrected chi connectivity index (χ3v) is 2.61. The van der Waals surface area contributed by atoms with Gasteiger partial charge in [-0.25, -0.2) is 0 Å². The van der Waals surface area contributed by atoms with Crippen LogP contribution in [0.1, 0.15) is 24.9 Å². The maximum absolute atomic E-state index is 11.3. The topological polar surface area (TPSA) is 61.5 Å². The van der Waals surface area contributed by atoms with Crippen LogP contribution < -0.4 is 10.5 Å². The molecular weight excluding hydrogens is 242 g/mol. The summed E-state index contributed by atoms with van der Waals surface area (Å²) >= 11 is 5.90. The molecule has 0 aliphatic rings. The summed E-state index contributed by atoms with van der Waals surface area (Å²) in [5.41, 5.74) is 6.69. The van der Waals surface area contributed by atoms with Crippen molar-refractivity contribution in [2.24, 2.45) is 5.73 Å². The minimum atomic E-state index is -0.416. The Hall–Kier alpha value is -1.26. The van der Waals surface area contributed by atoms with Crippen molar-refractivity contribution in [2.45, 2.75) is 19.4 Å². The van der Waals surface area contributed by atoms with Gasteiger partial charge in [0.15, 0.2) is 0 Å². The lowest BCUT2D eigenvalue weighted by Crippen LogP contribution is -2.17. The SMILES string of the molecule is CCOC(=O)C[C@@H](N)c1ccc(Cl)c(OC)c1. The molecule has 1 aromatic rings. The lowest BCUT2D eigenvalue weighted by Gasteiger charge is -2.13. The fraction of sp³-hybridized carbons (Fsp3) is 0.417. The minimum Gasteiger partial charge on any atom is -0.495 e. The molecule has 94 valence electrons. The lowest BCUT2D eigenvalue weighted by atomic mass is 10.0. The predicted octanol–water partition coefficient (Wildman–Crippen LogP) is 2.30. The van der Waals surface area contributed by atoms with Crippen molar-refractivity contribution in [3.8, 4) is 5.75 Å². The Morgan fingerprint density at radius 1 is 1.53 bits per heavy atom. The normalized spacial score (nSPS) is 12.0. The third-order valence-electron chi connectivity index (χ3n) is 2.30. The molecule has 0 radical (unpaired) electrons. The van der Waals surface area contributed by atoms with Gasteiger partial charge in [-0.1, -0.05) is 17.7 Å². The first kappa shape index (κ1) is 13.8. The summed E-state index contributed by atoms with van der Waals surface area (Å²) < 4.78 is 9.92. The molecule has 5 heteroatoms. The molecule has 1 rings (SSSR count). The predicted molar refractivity (Wildman–Crippen MR) is 66.2 cm³/mol. The van der Waals surface area contributed by atoms with Crippen molar-refractivity contribution in [3.63, 3.8) is 0 Å². The van der Waals surface area contributed by atoms with E-state index in [1.165, 1.54) is 7.11 Å². The van der Waals surface area contributed by atoms with E-state index >= 15 is 0 Å². The quantitative estimate of drug-likeness (QED) is 0.823. The van der Waals surface area contributed by atoms with Crippen molar-refractivity contribution < 1.29 is 14.3 Å². The van der Waals surface area contributed by atoms with Crippen LogP contribution in [0.25, 0.3) is 0 Å². The van der Waals surface area contributed by atoms with Crippen LogP contribution >= 0.6 is 11.6 Å². The molecule has 0 bridgehead atoms. The molecule has 17 heavy (non-hydrogen) atoms. The highest BCUT2D eigenvalue weighted by Crippen LogP contribution is 2.28. The van der Waals surface area contributed by atoms with Gasteiger partial charge in [-0.15, -0.1) is 0 Å². The van der Waals surface area contributed by atoms with Gasteiger partial charge < -0.3 is 15.2 Å². The molecule has 0 amide bonds. The van der Waals surface area contributed by atoms with E-state index in [0.717, 1.165) is 5.56 Å². The second kappa shape index (κ2) is 6.47. The monoisotopic (exact) mass is 257 g/mol. The van der Waals surface area contributed by atoms with E-state index in [0.29, 0.717) is 17.4 Å². The lowest BCUT2D eigenvalue weighted by molar-refractivity contribution is -0.143. The molecule has 1 atom stereocenters. The first-order chi connectivity index (χ1) is 8.08. The molecule has 0 unspecified atom stereocenters. The number of methoxy groups -OCH3 is 1. The van der Waals surface area contributed by atoms with Crippen LogP contribution in [0.15, 0.2) is 18.2 Å². The number of hydrogen-bond acceptors (Lipinski definition) is 4. The summed E-state index contributed by atoms with van der Waals surface area (Å²) in [4.78, 5) is 11.3. The summed E-state index contributed by atoms with van der Waals surface area (Å²) in [7, 11) is 1.53. The zero-order valence-electron chi connectivity index (χ0n) is 9.90. The van der Waals surface area contributed by atoms with Gasteiger partial charge in [-0.3, -0.25) is 4.79 Å². The van der Waals surface area contributed by atoms with E-state index in [2.05, 4.69) is 0 Å². The molecule has 0 saturated heterocycles. The van der Waals surface area contributed by atoms with E-state index in [1.807, 2.05) is 0 Å². The van der Waals surface area contributed by atoms with Crippen molar-refractivity contribution in [1.82, 2.24) is 0 Å². The summed E-state index contributed by atoms with van der Waals surface area (Å²) in [6.07, 6.45) is 0.138. The molecule has 0 heterocycles. The molecule has 4 nitrogen and oxygen atoms in total. The van der Waals surface area contributed by atoms with Gasteiger partial charge in [-0.05, 0) is 24.6 Å². The molecule has 0 saturated carbocycles. The number of carbonyl (C=O) groups is 1. The summed E-state index contributed by atoms with van der Waals surface area (Å²) in [6, 6.07) is 4.78. The zero-order chi connectivity index (χ0) is 12.8. The maximum atomic E-state index is 11.3. The highest BCUT2D eigenvalue weighted by atomic mass is 35.5. The Morgan fingerprint density at radius 2 is 2.24 bits per heavy atom. The Kier molecular flexibility index (Phi) is 5.25. The van der Waals surface area contributed by atoms with Crippen molar-refractivity contribution in [3.05, 3.63) is 28.8 Å². The molecule has 2 N–H and O–H groups in total. The van der Waals surface area contributed by atoms with Gasteiger partial charge >= 0.3 is 5.97 Å². The fourth-order valence-electron chi connectivity index (χ4n) is 1.42. The van der Waals surface area contributed by atoms with Gasteiger partial charge in [0.1, 0.15) is 5.75 Å². The first-order valence-corrected chi connectivity index (χ1v) is 5.71. The number of ether oxygens (including phenoxy) is 2. The highest BCUT2D eigenvalue weighted by molar-refractivity contribution is 6.32. The standard InChI is InChI=1S/C12H16ClNO3/c1-3-17-12(15)7-10(14)8-4-5-9(13)11(6-8)16-2/h4-6,10H,3,7,14H2,1-2H3/t10-/m1/s1. The molecule has 0 spiro atoms. The number of nitrogens with two attached hydrogens (primary N) is 1. The molecule has 0 aliphatic heterocycles. The third kappa shape index (κ3) is 3.91. The molecular formula is C12H16ClNO3. The highest BCUT2D eigenvalue weighted by Gasteiger charge is 2.14. The van der Waals surface area contributed by atoms with Gasteiger partial charge in [-0.2, -0.15) is 0 Å². The number of hydrogen-bond donors (Lipinski definition) is 1. The first-order valence-electron chi connectivity index (χ1n) is 5.33. The largest absolute Gasteiger partial charge is 0.495 e. The number of rotatable bonds is 5. The smallest absolute Gasteiger partial charge is 0.307 e. The molecule has 1 aromatic carbocycles. The van der Waals surface area contributed by atoms with Crippen molar-refractivity contribution in [2.75, 3.05) is 13.7 Å². The van der Waals surface area contributed by atoms with Crippen molar-refractivity contribution >= 4 is 17.6 Å². The number of esters is 1. The molecule has 0 aromatic heterocycles. The van der Waals surface area contributed by atoms with E-state index < -0.39 is 6.04 Å². The fourth-order valence-corrected chi connectivity index (χ4v) is 1.62. The van der Waals surface area contributed by atoms with Gasteiger partial charge in [0.25, 0.3) is 0 Å². The van der Waals surface area contributed by atoms with Crippen LogP contribution in [0.4, 0.5) is 0 Å². The molecule has 0 fully saturated rings. The number of carbonyl (C=O) groups excluding carboxylic acids is 1. The van der Waals surface area contributed by atoms with E-state index in [-0.39, 0.29) is 12.4 Å². The van der Waals surface area contributed by atoms with E-state index in [1.54, 1.807) is 25.1 Å². The summed E-state index contributed by atoms with van der Waals surface area (Å²) in [5.74, 6) is 0.234. The van der Waals surface area contributed by atoms with E-state index in [9.17, 15) is 4.79 Å². The second-order valence-corrected chi connectivity index (χ2v) is 3.92. The van der Waals surface area contributed by atoms with Crippen LogP contribution in [0.2, 0.25) is 5.02 Å². The van der Waals surface area contributed by atoms with Crippen LogP contribution in [0.5, 0.6) is 5.75 Å². The average Bonchev–Trinajstić information content (AvgIpc) is 2.29. The van der Waals surface area contributed by atoms with Crippen LogP contribution in [-0.2, 0) is 9.53 Å². The Bertz CT molecular complexity index is 395. The Balaban J connectivity index is 2.75. The van der Waals surface area contributed by atoms with Gasteiger partial charge in [0, 0.05) is 6.04 Å². The van der Waals surface area contributed by atoms with Gasteiger partial charge in [0.05, 0.1) is 25.2 Å². The minimum absolute atomic E-state index is 0.138. The summed E-state index contributed by atoms with van der Waals surface area (Å²) in [5, 5.41) is 0.514. The average molecular weight is 258 g/mol. The van der Waals surface area contributed by atoms with E-state index in [4.69, 9.17) is 26.8 Å². The summed E-state index contributed by atoms with van der Waals surface area (Å²) in [6.45, 7) is 2.12. The van der Waals surface area contributed by atoms with Crippen molar-refractivity contribution in [1.29, 1.82) is 0 Å². The Labute approximate surface area is 106 Å². The maximum Gasteiger partial charge on any atom is 0.307 e. The second-order valence-electron chi connectivity index (χ2n) is 3.51. The Morgan fingerprint density at radius 3 is 2.82 bits per heavy atom. The number of halogens is 1. The molecule has 0 aliphatic carbocycles. The number of benzene rings is 1.